The number of thiazole rings is 1. The van der Waals surface area contributed by atoms with Crippen LogP contribution in [0.1, 0.15) is 58.5 Å². The molecule has 0 bridgehead atoms. The van der Waals surface area contributed by atoms with Crippen molar-refractivity contribution in [3.8, 4) is 0 Å². The van der Waals surface area contributed by atoms with Crippen molar-refractivity contribution < 1.29 is 0 Å². The molecule has 0 aliphatic rings. The molecule has 1 unspecified atom stereocenters. The number of aromatic nitrogens is 1. The van der Waals surface area contributed by atoms with Gasteiger partial charge in [-0.25, -0.2) is 4.98 Å². The van der Waals surface area contributed by atoms with Crippen LogP contribution in [0.2, 0.25) is 0 Å². The Morgan fingerprint density at radius 1 is 1.30 bits per heavy atom. The van der Waals surface area contributed by atoms with Gasteiger partial charge in [-0.2, -0.15) is 0 Å². The van der Waals surface area contributed by atoms with Crippen LogP contribution in [-0.2, 0) is 6.54 Å². The van der Waals surface area contributed by atoms with Crippen LogP contribution in [0, 0.1) is 12.8 Å². The molecule has 0 aromatic carbocycles. The summed E-state index contributed by atoms with van der Waals surface area (Å²) in [5.74, 6) is 0.718. The van der Waals surface area contributed by atoms with Crippen LogP contribution >= 0.6 is 11.3 Å². The maximum absolute atomic E-state index is 4.77. The quantitative estimate of drug-likeness (QED) is 0.817. The molecule has 0 aliphatic heterocycles. The first kappa shape index (κ1) is 17.4. The highest BCUT2D eigenvalue weighted by Crippen LogP contribution is 2.27. The van der Waals surface area contributed by atoms with Crippen LogP contribution in [0.4, 0.5) is 5.13 Å². The number of hydrogen-bond acceptors (Lipinski definition) is 4. The van der Waals surface area contributed by atoms with Gasteiger partial charge in [-0.3, -0.25) is 0 Å². The Labute approximate surface area is 128 Å². The lowest BCUT2D eigenvalue weighted by Crippen LogP contribution is -2.34. The van der Waals surface area contributed by atoms with Gasteiger partial charge in [-0.05, 0) is 40.5 Å². The minimum absolute atomic E-state index is 0.151. The first-order valence-electron chi connectivity index (χ1n) is 7.73. The standard InChI is InChI=1S/C16H31N3S/c1-8-12(3)11-19(9-2)15-18-13(4)14(20-15)10-17-16(5,6)7/h12,17H,8-11H2,1-7H3. The van der Waals surface area contributed by atoms with Gasteiger partial charge in [0.2, 0.25) is 0 Å². The molecule has 1 atom stereocenters. The molecule has 0 fully saturated rings. The Morgan fingerprint density at radius 2 is 1.95 bits per heavy atom. The van der Waals surface area contributed by atoms with E-state index in [0.29, 0.717) is 0 Å². The second-order valence-electron chi connectivity index (χ2n) is 6.66. The van der Waals surface area contributed by atoms with Crippen LogP contribution in [0.3, 0.4) is 0 Å². The zero-order chi connectivity index (χ0) is 15.3. The molecule has 0 saturated heterocycles. The van der Waals surface area contributed by atoms with Gasteiger partial charge in [0.1, 0.15) is 0 Å². The number of aryl methyl sites for hydroxylation is 1. The molecule has 1 heterocycles. The van der Waals surface area contributed by atoms with Crippen LogP contribution < -0.4 is 10.2 Å². The normalized spacial score (nSPS) is 13.6. The fraction of sp³-hybridized carbons (Fsp3) is 0.812. The fourth-order valence-corrected chi connectivity index (χ4v) is 2.98. The van der Waals surface area contributed by atoms with E-state index < -0.39 is 0 Å². The van der Waals surface area contributed by atoms with E-state index in [1.54, 1.807) is 0 Å². The largest absolute Gasteiger partial charge is 0.348 e. The Balaban J connectivity index is 2.76. The van der Waals surface area contributed by atoms with Gasteiger partial charge in [0.15, 0.2) is 5.13 Å². The maximum atomic E-state index is 4.77. The molecule has 20 heavy (non-hydrogen) atoms. The summed E-state index contributed by atoms with van der Waals surface area (Å²) in [5, 5.41) is 4.73. The summed E-state index contributed by atoms with van der Waals surface area (Å²) in [4.78, 5) is 8.54. The van der Waals surface area contributed by atoms with E-state index in [2.05, 4.69) is 58.7 Å². The number of anilines is 1. The monoisotopic (exact) mass is 297 g/mol. The molecule has 0 radical (unpaired) electrons. The highest BCUT2D eigenvalue weighted by atomic mass is 32.1. The van der Waals surface area contributed by atoms with E-state index in [-0.39, 0.29) is 5.54 Å². The van der Waals surface area contributed by atoms with Gasteiger partial charge in [-0.1, -0.05) is 20.3 Å². The van der Waals surface area contributed by atoms with Crippen LogP contribution in [-0.4, -0.2) is 23.6 Å². The van der Waals surface area contributed by atoms with E-state index in [4.69, 9.17) is 4.98 Å². The zero-order valence-corrected chi connectivity index (χ0v) is 15.0. The van der Waals surface area contributed by atoms with E-state index in [1.165, 1.54) is 22.1 Å². The Morgan fingerprint density at radius 3 is 2.45 bits per heavy atom. The van der Waals surface area contributed by atoms with Crippen LogP contribution in [0.15, 0.2) is 0 Å². The van der Waals surface area contributed by atoms with Crippen molar-refractivity contribution in [1.29, 1.82) is 0 Å². The van der Waals surface area contributed by atoms with Crippen molar-refractivity contribution in [3.63, 3.8) is 0 Å². The second-order valence-corrected chi connectivity index (χ2v) is 7.72. The average Bonchev–Trinajstić information content (AvgIpc) is 2.73. The molecule has 1 aromatic heterocycles. The Bertz CT molecular complexity index is 406. The van der Waals surface area contributed by atoms with E-state index in [1.807, 2.05) is 11.3 Å². The number of rotatable bonds is 7. The van der Waals surface area contributed by atoms with Crippen molar-refractivity contribution in [1.82, 2.24) is 10.3 Å². The molecule has 1 aromatic rings. The van der Waals surface area contributed by atoms with Crippen molar-refractivity contribution in [2.24, 2.45) is 5.92 Å². The fourth-order valence-electron chi connectivity index (χ4n) is 1.91. The predicted molar refractivity (Wildman–Crippen MR) is 90.8 cm³/mol. The van der Waals surface area contributed by atoms with Crippen molar-refractivity contribution in [2.45, 2.75) is 67.0 Å². The van der Waals surface area contributed by atoms with Crippen molar-refractivity contribution in [3.05, 3.63) is 10.6 Å². The summed E-state index contributed by atoms with van der Waals surface area (Å²) < 4.78 is 0. The Kier molecular flexibility index (Phi) is 6.46. The van der Waals surface area contributed by atoms with Gasteiger partial charge in [0.05, 0.1) is 5.69 Å². The topological polar surface area (TPSA) is 28.2 Å². The van der Waals surface area contributed by atoms with Crippen molar-refractivity contribution >= 4 is 16.5 Å². The van der Waals surface area contributed by atoms with Crippen LogP contribution in [0.25, 0.3) is 0 Å². The van der Waals surface area contributed by atoms with Crippen molar-refractivity contribution in [2.75, 3.05) is 18.0 Å². The lowest BCUT2D eigenvalue weighted by atomic mass is 10.1. The van der Waals surface area contributed by atoms with E-state index in [0.717, 1.165) is 25.6 Å². The Hall–Kier alpha value is -0.610. The van der Waals surface area contributed by atoms with Gasteiger partial charge in [-0.15, -0.1) is 11.3 Å². The molecular weight excluding hydrogens is 266 g/mol. The van der Waals surface area contributed by atoms with Gasteiger partial charge >= 0.3 is 0 Å². The summed E-state index contributed by atoms with van der Waals surface area (Å²) in [6.45, 7) is 18.5. The molecule has 4 heteroatoms. The van der Waals surface area contributed by atoms with E-state index in [9.17, 15) is 0 Å². The second kappa shape index (κ2) is 7.41. The van der Waals surface area contributed by atoms with E-state index >= 15 is 0 Å². The highest BCUT2D eigenvalue weighted by molar-refractivity contribution is 7.15. The molecule has 3 nitrogen and oxygen atoms in total. The lowest BCUT2D eigenvalue weighted by molar-refractivity contribution is 0.425. The summed E-state index contributed by atoms with van der Waals surface area (Å²) in [5.41, 5.74) is 1.32. The summed E-state index contributed by atoms with van der Waals surface area (Å²) >= 11 is 1.84. The first-order chi connectivity index (χ1) is 9.26. The van der Waals surface area contributed by atoms with Gasteiger partial charge < -0.3 is 10.2 Å². The molecule has 1 N–H and O–H groups in total. The zero-order valence-electron chi connectivity index (χ0n) is 14.2. The smallest absolute Gasteiger partial charge is 0.185 e. The highest BCUT2D eigenvalue weighted by Gasteiger charge is 2.16. The number of nitrogens with one attached hydrogen (secondary N) is 1. The average molecular weight is 298 g/mol. The lowest BCUT2D eigenvalue weighted by Gasteiger charge is -2.23. The predicted octanol–water partition coefficient (Wildman–Crippen LogP) is 4.21. The summed E-state index contributed by atoms with van der Waals surface area (Å²) in [6, 6.07) is 0. The molecule has 0 saturated carbocycles. The summed E-state index contributed by atoms with van der Waals surface area (Å²) in [6.07, 6.45) is 1.22. The number of nitrogens with zero attached hydrogens (tertiary/aromatic N) is 2. The number of hydrogen-bond donors (Lipinski definition) is 1. The molecule has 0 spiro atoms. The third kappa shape index (κ3) is 5.41. The summed E-state index contributed by atoms with van der Waals surface area (Å²) in [7, 11) is 0. The third-order valence-electron chi connectivity index (χ3n) is 3.54. The maximum Gasteiger partial charge on any atom is 0.185 e. The molecular formula is C16H31N3S. The van der Waals surface area contributed by atoms with Gasteiger partial charge in [0.25, 0.3) is 0 Å². The third-order valence-corrected chi connectivity index (χ3v) is 4.76. The van der Waals surface area contributed by atoms with Crippen LogP contribution in [0.5, 0.6) is 0 Å². The minimum atomic E-state index is 0.151. The first-order valence-corrected chi connectivity index (χ1v) is 8.54. The SMILES string of the molecule is CCC(C)CN(CC)c1nc(C)c(CNC(C)(C)C)s1. The minimum Gasteiger partial charge on any atom is -0.348 e. The molecule has 0 aliphatic carbocycles. The van der Waals surface area contributed by atoms with Gasteiger partial charge in [0, 0.05) is 30.1 Å². The molecule has 116 valence electrons. The molecule has 0 amide bonds. The molecule has 1 rings (SSSR count).